The molecule has 0 amide bonds. The minimum Gasteiger partial charge on any atom is -0.508 e. The molecule has 0 aliphatic rings. The van der Waals surface area contributed by atoms with Crippen LogP contribution in [0.1, 0.15) is 11.1 Å². The number of aromatic nitrogens is 3. The number of rotatable bonds is 4. The minimum absolute atomic E-state index is 0.229. The van der Waals surface area contributed by atoms with E-state index in [0.29, 0.717) is 12.5 Å². The first-order valence-electron chi connectivity index (χ1n) is 8.01. The van der Waals surface area contributed by atoms with Crippen molar-refractivity contribution in [3.05, 3.63) is 78.0 Å². The Morgan fingerprint density at radius 3 is 2.68 bits per heavy atom. The summed E-state index contributed by atoms with van der Waals surface area (Å²) >= 11 is 0. The summed E-state index contributed by atoms with van der Waals surface area (Å²) in [5.74, 6) is 0.764. The maximum absolute atomic E-state index is 9.45. The second-order valence-electron chi connectivity index (χ2n) is 5.91. The van der Waals surface area contributed by atoms with Crippen LogP contribution in [0, 0.1) is 6.92 Å². The van der Waals surface area contributed by atoms with Crippen molar-refractivity contribution in [1.29, 1.82) is 0 Å². The van der Waals surface area contributed by atoms with Crippen LogP contribution in [0.15, 0.2) is 66.9 Å². The molecule has 4 aromatic rings. The van der Waals surface area contributed by atoms with E-state index in [1.54, 1.807) is 22.8 Å². The zero-order valence-electron chi connectivity index (χ0n) is 13.8. The highest BCUT2D eigenvalue weighted by Crippen LogP contribution is 2.23. The van der Waals surface area contributed by atoms with Gasteiger partial charge in [0.1, 0.15) is 12.4 Å². The molecule has 0 fully saturated rings. The maximum atomic E-state index is 9.45. The van der Waals surface area contributed by atoms with Gasteiger partial charge in [0, 0.05) is 11.6 Å². The van der Waals surface area contributed by atoms with Crippen molar-refractivity contribution in [2.75, 3.05) is 0 Å². The highest BCUT2D eigenvalue weighted by atomic mass is 16.5. The Kier molecular flexibility index (Phi) is 3.82. The molecule has 2 aromatic heterocycles. The Labute approximate surface area is 145 Å². The van der Waals surface area contributed by atoms with Crippen molar-refractivity contribution in [3.8, 4) is 22.9 Å². The van der Waals surface area contributed by atoms with Crippen LogP contribution >= 0.6 is 0 Å². The number of hydrogen-bond acceptors (Lipinski definition) is 4. The van der Waals surface area contributed by atoms with Crippen molar-refractivity contribution < 1.29 is 9.84 Å². The fourth-order valence-electron chi connectivity index (χ4n) is 2.72. The van der Waals surface area contributed by atoms with E-state index in [1.807, 2.05) is 36.4 Å². The number of fused-ring (bicyclic) bond motifs is 1. The van der Waals surface area contributed by atoms with Gasteiger partial charge in [0.05, 0.1) is 11.9 Å². The molecule has 0 aliphatic carbocycles. The van der Waals surface area contributed by atoms with Crippen LogP contribution in [0.4, 0.5) is 0 Å². The molecule has 0 radical (unpaired) electrons. The normalized spacial score (nSPS) is 10.9. The van der Waals surface area contributed by atoms with Crippen LogP contribution in [0.25, 0.3) is 16.9 Å². The summed E-state index contributed by atoms with van der Waals surface area (Å²) in [5, 5.41) is 14.0. The van der Waals surface area contributed by atoms with Crippen LogP contribution in [-0.4, -0.2) is 19.7 Å². The number of aryl methyl sites for hydroxylation is 1. The standard InChI is InChI=1S/C20H17N3O2/c1-14-3-2-4-15(11-14)13-25-20-10-9-19-21-12-18(23(19)22-20)16-5-7-17(24)8-6-16/h2-12,24H,13H2,1H3. The van der Waals surface area contributed by atoms with Crippen LogP contribution in [0.2, 0.25) is 0 Å². The number of nitrogens with zero attached hydrogens (tertiary/aromatic N) is 3. The number of hydrogen-bond donors (Lipinski definition) is 1. The van der Waals surface area contributed by atoms with Gasteiger partial charge in [-0.2, -0.15) is 0 Å². The number of imidazole rings is 1. The van der Waals surface area contributed by atoms with Gasteiger partial charge in [-0.05, 0) is 42.8 Å². The van der Waals surface area contributed by atoms with Gasteiger partial charge in [-0.25, -0.2) is 9.50 Å². The Balaban J connectivity index is 1.63. The van der Waals surface area contributed by atoms with Gasteiger partial charge in [0.15, 0.2) is 5.65 Å². The van der Waals surface area contributed by atoms with Crippen LogP contribution in [-0.2, 0) is 6.61 Å². The molecule has 0 saturated carbocycles. The molecule has 2 aromatic carbocycles. The van der Waals surface area contributed by atoms with Crippen molar-refractivity contribution in [1.82, 2.24) is 14.6 Å². The Morgan fingerprint density at radius 2 is 1.88 bits per heavy atom. The lowest BCUT2D eigenvalue weighted by atomic mass is 10.1. The molecule has 1 N–H and O–H groups in total. The second-order valence-corrected chi connectivity index (χ2v) is 5.91. The summed E-state index contributed by atoms with van der Waals surface area (Å²) in [4.78, 5) is 4.37. The van der Waals surface area contributed by atoms with Gasteiger partial charge in [0.2, 0.25) is 5.88 Å². The molecule has 0 aliphatic heterocycles. The molecule has 0 bridgehead atoms. The first-order chi connectivity index (χ1) is 12.2. The van der Waals surface area contributed by atoms with Gasteiger partial charge in [0.25, 0.3) is 0 Å². The Hall–Kier alpha value is -3.34. The molecule has 0 spiro atoms. The first-order valence-corrected chi connectivity index (χ1v) is 8.01. The van der Waals surface area contributed by atoms with Crippen molar-refractivity contribution in [3.63, 3.8) is 0 Å². The fourth-order valence-corrected chi connectivity index (χ4v) is 2.72. The first kappa shape index (κ1) is 15.2. The molecule has 4 rings (SSSR count). The lowest BCUT2D eigenvalue weighted by Crippen LogP contribution is -2.01. The predicted octanol–water partition coefficient (Wildman–Crippen LogP) is 3.99. The van der Waals surface area contributed by atoms with Crippen molar-refractivity contribution >= 4 is 5.65 Å². The zero-order chi connectivity index (χ0) is 17.2. The van der Waals surface area contributed by atoms with Gasteiger partial charge in [-0.15, -0.1) is 5.10 Å². The van der Waals surface area contributed by atoms with Crippen LogP contribution < -0.4 is 4.74 Å². The van der Waals surface area contributed by atoms with Gasteiger partial charge in [-0.1, -0.05) is 29.8 Å². The number of ether oxygens (including phenoxy) is 1. The maximum Gasteiger partial charge on any atom is 0.232 e. The summed E-state index contributed by atoms with van der Waals surface area (Å²) in [5.41, 5.74) is 4.82. The summed E-state index contributed by atoms with van der Waals surface area (Å²) in [6, 6.07) is 18.9. The molecule has 2 heterocycles. The molecule has 124 valence electrons. The van der Waals surface area contributed by atoms with Gasteiger partial charge >= 0.3 is 0 Å². The molecular formula is C20H17N3O2. The smallest absolute Gasteiger partial charge is 0.232 e. The van der Waals surface area contributed by atoms with E-state index in [4.69, 9.17) is 4.74 Å². The van der Waals surface area contributed by atoms with Crippen molar-refractivity contribution in [2.24, 2.45) is 0 Å². The monoisotopic (exact) mass is 331 g/mol. The summed E-state index contributed by atoms with van der Waals surface area (Å²) < 4.78 is 7.58. The Bertz CT molecular complexity index is 1020. The fraction of sp³-hybridized carbons (Fsp3) is 0.100. The van der Waals surface area contributed by atoms with E-state index in [9.17, 15) is 5.11 Å². The quantitative estimate of drug-likeness (QED) is 0.614. The average Bonchev–Trinajstić information content (AvgIpc) is 3.04. The summed E-state index contributed by atoms with van der Waals surface area (Å²) in [6.07, 6.45) is 1.76. The highest BCUT2D eigenvalue weighted by Gasteiger charge is 2.09. The van der Waals surface area contributed by atoms with E-state index < -0.39 is 0 Å². The predicted molar refractivity (Wildman–Crippen MR) is 95.6 cm³/mol. The van der Waals surface area contributed by atoms with Crippen molar-refractivity contribution in [2.45, 2.75) is 13.5 Å². The molecule has 0 saturated heterocycles. The Morgan fingerprint density at radius 1 is 1.04 bits per heavy atom. The second kappa shape index (κ2) is 6.28. The SMILES string of the molecule is Cc1cccc(COc2ccc3ncc(-c4ccc(O)cc4)n3n2)c1. The lowest BCUT2D eigenvalue weighted by molar-refractivity contribution is 0.289. The van der Waals surface area contributed by atoms with Crippen LogP contribution in [0.3, 0.4) is 0 Å². The van der Waals surface area contributed by atoms with E-state index in [2.05, 4.69) is 29.1 Å². The van der Waals surface area contributed by atoms with E-state index in [1.165, 1.54) is 5.56 Å². The highest BCUT2D eigenvalue weighted by molar-refractivity contribution is 5.63. The van der Waals surface area contributed by atoms with Gasteiger partial charge < -0.3 is 9.84 Å². The topological polar surface area (TPSA) is 59.7 Å². The molecule has 5 nitrogen and oxygen atoms in total. The summed E-state index contributed by atoms with van der Waals surface area (Å²) in [7, 11) is 0. The third-order valence-corrected chi connectivity index (χ3v) is 3.97. The van der Waals surface area contributed by atoms with Gasteiger partial charge in [-0.3, -0.25) is 0 Å². The molecule has 25 heavy (non-hydrogen) atoms. The van der Waals surface area contributed by atoms with E-state index in [-0.39, 0.29) is 5.75 Å². The number of phenolic OH excluding ortho intramolecular Hbond substituents is 1. The molecular weight excluding hydrogens is 314 g/mol. The zero-order valence-corrected chi connectivity index (χ0v) is 13.8. The molecule has 5 heteroatoms. The van der Waals surface area contributed by atoms with E-state index >= 15 is 0 Å². The largest absolute Gasteiger partial charge is 0.508 e. The molecule has 0 atom stereocenters. The minimum atomic E-state index is 0.229. The lowest BCUT2D eigenvalue weighted by Gasteiger charge is -2.07. The molecule has 0 unspecified atom stereocenters. The third-order valence-electron chi connectivity index (χ3n) is 3.97. The summed E-state index contributed by atoms with van der Waals surface area (Å²) in [6.45, 7) is 2.52. The van der Waals surface area contributed by atoms with E-state index in [0.717, 1.165) is 22.5 Å². The van der Waals surface area contributed by atoms with Crippen LogP contribution in [0.5, 0.6) is 11.6 Å². The number of phenols is 1. The number of aromatic hydroxyl groups is 1. The number of benzene rings is 2. The average molecular weight is 331 g/mol. The third kappa shape index (κ3) is 3.17.